The molecule has 0 unspecified atom stereocenters. The Morgan fingerprint density at radius 3 is 0.688 bits per heavy atom. The van der Waals surface area contributed by atoms with Gasteiger partial charge in [0.25, 0.3) is 0 Å². The van der Waals surface area contributed by atoms with Crippen LogP contribution in [0.1, 0.15) is 97.9 Å². The van der Waals surface area contributed by atoms with Crippen molar-refractivity contribution in [2.45, 2.75) is 79.1 Å². The Bertz CT molecular complexity index is 1900. The van der Waals surface area contributed by atoms with E-state index in [2.05, 4.69) is 21.3 Å². The normalized spacial score (nSPS) is 11.9. The minimum absolute atomic E-state index is 0.236. The first-order valence-electron chi connectivity index (χ1n) is 21.5. The van der Waals surface area contributed by atoms with Crippen LogP contribution in [0.5, 0.6) is 23.0 Å². The van der Waals surface area contributed by atoms with Crippen LogP contribution in [0.4, 0.5) is 22.7 Å². The lowest BCUT2D eigenvalue weighted by Crippen LogP contribution is -2.16. The van der Waals surface area contributed by atoms with Gasteiger partial charge in [0.05, 0.1) is 26.4 Å². The molecule has 0 aliphatic heterocycles. The lowest BCUT2D eigenvalue weighted by atomic mass is 9.90. The number of ether oxygens (including phenoxy) is 4. The van der Waals surface area contributed by atoms with Crippen molar-refractivity contribution >= 4 is 92.8 Å². The minimum Gasteiger partial charge on any atom is -0.493 e. The molecule has 12 nitrogen and oxygen atoms in total. The highest BCUT2D eigenvalue weighted by atomic mass is 35.5. The third-order valence-corrected chi connectivity index (χ3v) is 10.9. The quantitative estimate of drug-likeness (QED) is 0.0563. The second kappa shape index (κ2) is 25.0. The summed E-state index contributed by atoms with van der Waals surface area (Å²) < 4.78 is 26.6. The number of carbonyl (C=O) groups excluding carboxylic acids is 4. The van der Waals surface area contributed by atoms with E-state index in [9.17, 15) is 19.2 Å². The molecule has 8 bridgehead atoms. The molecule has 0 saturated carbocycles. The molecule has 0 saturated heterocycles. The molecule has 4 aromatic rings. The van der Waals surface area contributed by atoms with Gasteiger partial charge < -0.3 is 40.2 Å². The highest BCUT2D eigenvalue weighted by Gasteiger charge is 2.25. The fourth-order valence-corrected chi connectivity index (χ4v) is 7.78. The summed E-state index contributed by atoms with van der Waals surface area (Å²) in [4.78, 5) is 51.6. The summed E-state index contributed by atoms with van der Waals surface area (Å²) in [6.07, 6.45) is 3.78. The number of anilines is 4. The van der Waals surface area contributed by atoms with Crippen molar-refractivity contribution in [3.05, 3.63) is 93.0 Å². The molecule has 0 heterocycles. The zero-order valence-electron chi connectivity index (χ0n) is 36.7. The van der Waals surface area contributed by atoms with Gasteiger partial charge in [-0.25, -0.2) is 0 Å². The Hall–Kier alpha value is -4.88. The Morgan fingerprint density at radius 1 is 0.375 bits per heavy atom. The van der Waals surface area contributed by atoms with Crippen LogP contribution in [0.3, 0.4) is 0 Å². The van der Waals surface area contributed by atoms with Gasteiger partial charge in [0.2, 0.25) is 23.6 Å². The number of nitrogens with one attached hydrogen (secondary N) is 4. The lowest BCUT2D eigenvalue weighted by Gasteiger charge is -2.25. The summed E-state index contributed by atoms with van der Waals surface area (Å²) in [5, 5.41) is 11.8. The summed E-state index contributed by atoms with van der Waals surface area (Å²) >= 11 is 24.1. The van der Waals surface area contributed by atoms with Crippen LogP contribution in [-0.2, 0) is 44.9 Å². The zero-order chi connectivity index (χ0) is 46.2. The van der Waals surface area contributed by atoms with Crippen molar-refractivity contribution in [3.63, 3.8) is 0 Å². The number of halogens is 4. The fourth-order valence-electron chi connectivity index (χ4n) is 7.51. The second-order valence-corrected chi connectivity index (χ2v) is 16.4. The molecular weight excluding hydrogens is 902 g/mol. The van der Waals surface area contributed by atoms with Gasteiger partial charge in [-0.2, -0.15) is 0 Å². The average molecular weight is 959 g/mol. The Labute approximate surface area is 395 Å². The van der Waals surface area contributed by atoms with Crippen molar-refractivity contribution in [1.29, 1.82) is 0 Å². The van der Waals surface area contributed by atoms with Crippen LogP contribution >= 0.6 is 46.4 Å². The third-order valence-electron chi connectivity index (χ3n) is 9.92. The smallest absolute Gasteiger partial charge is 0.239 e. The Kier molecular flexibility index (Phi) is 19.6. The first-order valence-corrected chi connectivity index (χ1v) is 23.7. The van der Waals surface area contributed by atoms with E-state index < -0.39 is 23.6 Å². The van der Waals surface area contributed by atoms with Crippen LogP contribution in [0.25, 0.3) is 0 Å². The SMILES string of the molecule is CCCOc1c2cc(NC(=O)CCl)cc1Cc1cc(NC(=O)CCl)cc(c1OCCC)Cc1cc(NC(=O)CCl)cc(c1OCCC)Cc1cc(NC(=O)CCl)cc(c1OCCC)C2. The topological polar surface area (TPSA) is 153 Å². The number of alkyl halides is 4. The minimum atomic E-state index is -0.396. The van der Waals surface area contributed by atoms with Crippen molar-refractivity contribution in [1.82, 2.24) is 0 Å². The van der Waals surface area contributed by atoms with Crippen LogP contribution < -0.4 is 40.2 Å². The molecule has 1 aliphatic rings. The zero-order valence-corrected chi connectivity index (χ0v) is 39.7. The van der Waals surface area contributed by atoms with E-state index in [1.807, 2.05) is 76.2 Å². The number of carbonyl (C=O) groups is 4. The number of rotatable bonds is 20. The maximum Gasteiger partial charge on any atom is 0.239 e. The molecule has 64 heavy (non-hydrogen) atoms. The highest BCUT2D eigenvalue weighted by Crippen LogP contribution is 2.43. The molecule has 4 amide bonds. The molecule has 1 aliphatic carbocycles. The third kappa shape index (κ3) is 13.6. The van der Waals surface area contributed by atoms with E-state index in [1.165, 1.54) is 0 Å². The monoisotopic (exact) mass is 956 g/mol. The van der Waals surface area contributed by atoms with Crippen LogP contribution in [0.2, 0.25) is 0 Å². The molecule has 0 aromatic heterocycles. The molecule has 0 radical (unpaired) electrons. The van der Waals surface area contributed by atoms with E-state index in [1.54, 1.807) is 0 Å². The van der Waals surface area contributed by atoms with Gasteiger partial charge in [0.1, 0.15) is 46.5 Å². The highest BCUT2D eigenvalue weighted by molar-refractivity contribution is 6.30. The maximum absolute atomic E-state index is 12.9. The summed E-state index contributed by atoms with van der Waals surface area (Å²) in [7, 11) is 0. The molecular formula is C48H56Cl4N4O8. The van der Waals surface area contributed by atoms with E-state index in [0.29, 0.717) is 97.9 Å². The van der Waals surface area contributed by atoms with E-state index in [-0.39, 0.29) is 49.2 Å². The summed E-state index contributed by atoms with van der Waals surface area (Å²) in [6, 6.07) is 14.9. The van der Waals surface area contributed by atoms with Gasteiger partial charge in [-0.05, 0) is 74.2 Å². The molecule has 4 N–H and O–H groups in total. The van der Waals surface area contributed by atoms with Crippen molar-refractivity contribution in [2.24, 2.45) is 0 Å². The van der Waals surface area contributed by atoms with Gasteiger partial charge in [-0.15, -0.1) is 46.4 Å². The molecule has 4 aromatic carbocycles. The molecule has 0 spiro atoms. The molecule has 16 heteroatoms. The van der Waals surface area contributed by atoms with E-state index in [4.69, 9.17) is 65.4 Å². The van der Waals surface area contributed by atoms with E-state index >= 15 is 0 Å². The van der Waals surface area contributed by atoms with Gasteiger partial charge in [0.15, 0.2) is 0 Å². The van der Waals surface area contributed by atoms with Crippen molar-refractivity contribution in [3.8, 4) is 23.0 Å². The predicted octanol–water partition coefficient (Wildman–Crippen LogP) is 10.2. The first kappa shape index (κ1) is 50.1. The summed E-state index contributed by atoms with van der Waals surface area (Å²) in [6.45, 7) is 9.62. The van der Waals surface area contributed by atoms with Crippen LogP contribution in [-0.4, -0.2) is 73.6 Å². The van der Waals surface area contributed by atoms with Crippen molar-refractivity contribution in [2.75, 3.05) is 71.2 Å². The molecule has 0 fully saturated rings. The number of fused-ring (bicyclic) bond motifs is 8. The van der Waals surface area contributed by atoms with Crippen LogP contribution in [0.15, 0.2) is 48.5 Å². The lowest BCUT2D eigenvalue weighted by molar-refractivity contribution is -0.114. The molecule has 5 rings (SSSR count). The van der Waals surface area contributed by atoms with Gasteiger partial charge in [-0.3, -0.25) is 19.2 Å². The second-order valence-electron chi connectivity index (χ2n) is 15.3. The Balaban J connectivity index is 1.97. The fraction of sp³-hybridized carbons (Fsp3) is 0.417. The van der Waals surface area contributed by atoms with Gasteiger partial charge >= 0.3 is 0 Å². The number of benzene rings is 4. The Morgan fingerprint density at radius 2 is 0.547 bits per heavy atom. The average Bonchev–Trinajstić information content (AvgIpc) is 3.27. The number of hydrogen-bond donors (Lipinski definition) is 4. The maximum atomic E-state index is 12.9. The largest absolute Gasteiger partial charge is 0.493 e. The van der Waals surface area contributed by atoms with Crippen molar-refractivity contribution < 1.29 is 38.1 Å². The van der Waals surface area contributed by atoms with Gasteiger partial charge in [0, 0.05) is 92.9 Å². The predicted molar refractivity (Wildman–Crippen MR) is 258 cm³/mol. The molecule has 0 atom stereocenters. The molecule has 344 valence electrons. The summed E-state index contributed by atoms with van der Waals surface area (Å²) in [5.74, 6) is -0.267. The van der Waals surface area contributed by atoms with E-state index in [0.717, 1.165) is 44.5 Å². The number of hydrogen-bond acceptors (Lipinski definition) is 8. The number of amides is 4. The standard InChI is InChI=1S/C48H56Cl4N4O8/c1-5-9-61-45-29-13-31-19-38(54-42(58)26-50)21-33(46(31)62-10-6-2)15-35-23-40(56-44(60)28-52)24-36(48(35)64-12-8-4)16-34-22-39(55-43(59)27-51)20-32(47(34)63-11-7-3)14-30(45)18-37(17-29)53-41(57)25-49/h17-24H,5-16,25-28H2,1-4H3,(H,53,57)(H,54,58)(H,55,59)(H,56,60). The first-order chi connectivity index (χ1) is 31.0. The van der Waals surface area contributed by atoms with Crippen LogP contribution in [0, 0.1) is 0 Å². The summed E-state index contributed by atoms with van der Waals surface area (Å²) in [5.41, 5.74) is 7.73. The van der Waals surface area contributed by atoms with Gasteiger partial charge in [-0.1, -0.05) is 27.7 Å².